The Balaban J connectivity index is 0.00000288. The van der Waals surface area contributed by atoms with Gasteiger partial charge in [0.15, 0.2) is 5.96 Å². The first-order chi connectivity index (χ1) is 11.3. The summed E-state index contributed by atoms with van der Waals surface area (Å²) in [7, 11) is 3.94. The number of likely N-dealkylation sites (N-methyl/N-ethyl adjacent to an activating group) is 1. The van der Waals surface area contributed by atoms with Crippen molar-refractivity contribution in [1.29, 1.82) is 0 Å². The minimum absolute atomic E-state index is 0. The smallest absolute Gasteiger partial charge is 0.191 e. The highest BCUT2D eigenvalue weighted by Crippen LogP contribution is 2.20. The van der Waals surface area contributed by atoms with Gasteiger partial charge in [0.2, 0.25) is 0 Å². The van der Waals surface area contributed by atoms with E-state index in [9.17, 15) is 0 Å². The number of aliphatic imine (C=N–C) groups is 1. The number of morpholine rings is 1. The molecule has 24 heavy (non-hydrogen) atoms. The Morgan fingerprint density at radius 2 is 2.04 bits per heavy atom. The van der Waals surface area contributed by atoms with Gasteiger partial charge in [-0.25, -0.2) is 0 Å². The summed E-state index contributed by atoms with van der Waals surface area (Å²) in [4.78, 5) is 6.56. The van der Waals surface area contributed by atoms with Gasteiger partial charge in [-0.2, -0.15) is 0 Å². The normalized spacial score (nSPS) is 23.6. The first-order valence-electron chi connectivity index (χ1n) is 9.14. The maximum atomic E-state index is 5.94. The van der Waals surface area contributed by atoms with Crippen molar-refractivity contribution >= 4 is 29.9 Å². The largest absolute Gasteiger partial charge is 0.378 e. The van der Waals surface area contributed by atoms with Gasteiger partial charge in [0.05, 0.1) is 18.8 Å². The Bertz CT molecular complexity index is 351. The molecule has 1 unspecified atom stereocenters. The van der Waals surface area contributed by atoms with Crippen LogP contribution in [-0.2, 0) is 9.47 Å². The molecule has 0 radical (unpaired) electrons. The molecule has 6 nitrogen and oxygen atoms in total. The number of ether oxygens (including phenoxy) is 2. The molecular formula is C17H35IN4O2. The molecule has 2 N–H and O–H groups in total. The number of guanidine groups is 1. The number of nitrogens with zero attached hydrogens (tertiary/aromatic N) is 2. The highest BCUT2D eigenvalue weighted by molar-refractivity contribution is 14.0. The zero-order chi connectivity index (χ0) is 16.3. The second-order valence-electron chi connectivity index (χ2n) is 6.62. The quantitative estimate of drug-likeness (QED) is 0.266. The van der Waals surface area contributed by atoms with Gasteiger partial charge in [0.25, 0.3) is 0 Å². The summed E-state index contributed by atoms with van der Waals surface area (Å²) >= 11 is 0. The monoisotopic (exact) mass is 454 g/mol. The van der Waals surface area contributed by atoms with E-state index in [1.807, 2.05) is 7.05 Å². The third kappa shape index (κ3) is 8.82. The summed E-state index contributed by atoms with van der Waals surface area (Å²) in [6.45, 7) is 5.32. The molecule has 1 saturated heterocycles. The Labute approximate surface area is 164 Å². The average molecular weight is 454 g/mol. The lowest BCUT2D eigenvalue weighted by Gasteiger charge is -2.30. The highest BCUT2D eigenvalue weighted by Gasteiger charge is 2.17. The van der Waals surface area contributed by atoms with E-state index in [2.05, 4.69) is 27.6 Å². The van der Waals surface area contributed by atoms with Gasteiger partial charge in [0.1, 0.15) is 0 Å². The Morgan fingerprint density at radius 1 is 1.25 bits per heavy atom. The predicted octanol–water partition coefficient (Wildman–Crippen LogP) is 1.84. The zero-order valence-electron chi connectivity index (χ0n) is 15.3. The van der Waals surface area contributed by atoms with Crippen LogP contribution in [0.5, 0.6) is 0 Å². The molecule has 0 amide bonds. The lowest BCUT2D eigenvalue weighted by molar-refractivity contribution is -0.0161. The molecule has 2 fully saturated rings. The lowest BCUT2D eigenvalue weighted by Crippen LogP contribution is -2.48. The minimum Gasteiger partial charge on any atom is -0.378 e. The van der Waals surface area contributed by atoms with Gasteiger partial charge in [-0.05, 0) is 26.3 Å². The summed E-state index contributed by atoms with van der Waals surface area (Å²) in [5, 5.41) is 6.69. The maximum absolute atomic E-state index is 5.94. The van der Waals surface area contributed by atoms with E-state index in [0.29, 0.717) is 6.10 Å². The van der Waals surface area contributed by atoms with Crippen molar-refractivity contribution in [1.82, 2.24) is 15.5 Å². The topological polar surface area (TPSA) is 58.1 Å². The molecule has 0 bridgehead atoms. The average Bonchev–Trinajstić information content (AvgIpc) is 2.58. The molecule has 1 heterocycles. The molecule has 1 aliphatic carbocycles. The van der Waals surface area contributed by atoms with Crippen molar-refractivity contribution in [3.05, 3.63) is 0 Å². The molecule has 2 rings (SSSR count). The second-order valence-corrected chi connectivity index (χ2v) is 6.62. The van der Waals surface area contributed by atoms with E-state index in [1.165, 1.54) is 32.1 Å². The van der Waals surface area contributed by atoms with Crippen LogP contribution in [0.15, 0.2) is 4.99 Å². The van der Waals surface area contributed by atoms with Gasteiger partial charge in [-0.15, -0.1) is 24.0 Å². The van der Waals surface area contributed by atoms with Crippen molar-refractivity contribution < 1.29 is 9.47 Å². The molecule has 1 saturated carbocycles. The molecule has 142 valence electrons. The third-order valence-electron chi connectivity index (χ3n) is 4.58. The molecule has 2 aliphatic rings. The van der Waals surface area contributed by atoms with Crippen molar-refractivity contribution in [3.8, 4) is 0 Å². The molecule has 0 aromatic heterocycles. The van der Waals surface area contributed by atoms with E-state index < -0.39 is 0 Å². The Morgan fingerprint density at radius 3 is 2.75 bits per heavy atom. The minimum atomic E-state index is 0. The van der Waals surface area contributed by atoms with Gasteiger partial charge in [-0.1, -0.05) is 19.3 Å². The Kier molecular flexibility index (Phi) is 12.0. The van der Waals surface area contributed by atoms with Crippen LogP contribution in [0.3, 0.4) is 0 Å². The fourth-order valence-corrected chi connectivity index (χ4v) is 3.18. The maximum Gasteiger partial charge on any atom is 0.191 e. The van der Waals surface area contributed by atoms with E-state index in [-0.39, 0.29) is 30.1 Å². The van der Waals surface area contributed by atoms with Crippen LogP contribution < -0.4 is 10.6 Å². The van der Waals surface area contributed by atoms with Crippen LogP contribution in [0, 0.1) is 0 Å². The van der Waals surface area contributed by atoms with Crippen molar-refractivity contribution in [2.75, 3.05) is 53.5 Å². The van der Waals surface area contributed by atoms with Crippen LogP contribution in [-0.4, -0.2) is 76.6 Å². The van der Waals surface area contributed by atoms with Gasteiger partial charge in [-0.3, -0.25) is 4.99 Å². The van der Waals surface area contributed by atoms with Gasteiger partial charge < -0.3 is 25.0 Å². The van der Waals surface area contributed by atoms with Crippen molar-refractivity contribution in [3.63, 3.8) is 0 Å². The molecule has 7 heteroatoms. The van der Waals surface area contributed by atoms with Crippen LogP contribution in [0.2, 0.25) is 0 Å². The standard InChI is InChI=1S/C17H34N4O2.HI/c1-18-17(20-13-16-14-21(2)10-12-23-16)19-9-6-11-22-15-7-4-3-5-8-15;/h15-16H,3-14H2,1-2H3,(H2,18,19,20);1H. The number of rotatable bonds is 7. The summed E-state index contributed by atoms with van der Waals surface area (Å²) < 4.78 is 11.7. The van der Waals surface area contributed by atoms with Crippen LogP contribution in [0.1, 0.15) is 38.5 Å². The number of hydrogen-bond acceptors (Lipinski definition) is 4. The second kappa shape index (κ2) is 13.1. The highest BCUT2D eigenvalue weighted by atomic mass is 127. The Hall–Kier alpha value is -0.120. The van der Waals surface area contributed by atoms with Crippen LogP contribution >= 0.6 is 24.0 Å². The van der Waals surface area contributed by atoms with E-state index >= 15 is 0 Å². The number of halogens is 1. The van der Waals surface area contributed by atoms with Crippen LogP contribution in [0.4, 0.5) is 0 Å². The summed E-state index contributed by atoms with van der Waals surface area (Å²) in [6.07, 6.45) is 8.28. The molecule has 0 aromatic rings. The first kappa shape index (κ1) is 21.9. The van der Waals surface area contributed by atoms with E-state index in [1.54, 1.807) is 0 Å². The van der Waals surface area contributed by atoms with Crippen molar-refractivity contribution in [2.45, 2.75) is 50.7 Å². The molecule has 0 spiro atoms. The zero-order valence-corrected chi connectivity index (χ0v) is 17.6. The molecule has 0 aromatic carbocycles. The van der Waals surface area contributed by atoms with Crippen LogP contribution in [0.25, 0.3) is 0 Å². The van der Waals surface area contributed by atoms with Crippen molar-refractivity contribution in [2.24, 2.45) is 4.99 Å². The van der Waals surface area contributed by atoms with Gasteiger partial charge in [0, 0.05) is 39.8 Å². The molecule has 1 aliphatic heterocycles. The van der Waals surface area contributed by atoms with E-state index in [0.717, 1.165) is 51.8 Å². The van der Waals surface area contributed by atoms with Gasteiger partial charge >= 0.3 is 0 Å². The summed E-state index contributed by atoms with van der Waals surface area (Å²) in [5.41, 5.74) is 0. The first-order valence-corrected chi connectivity index (χ1v) is 9.14. The molecular weight excluding hydrogens is 419 g/mol. The summed E-state index contributed by atoms with van der Waals surface area (Å²) in [5.74, 6) is 0.847. The fourth-order valence-electron chi connectivity index (χ4n) is 3.18. The number of hydrogen-bond donors (Lipinski definition) is 2. The number of nitrogens with one attached hydrogen (secondary N) is 2. The SMILES string of the molecule is CN=C(NCCCOC1CCCCC1)NCC1CN(C)CCO1.I. The lowest BCUT2D eigenvalue weighted by atomic mass is 9.98. The molecule has 1 atom stereocenters. The fraction of sp³-hybridized carbons (Fsp3) is 0.941. The third-order valence-corrected chi connectivity index (χ3v) is 4.58. The summed E-state index contributed by atoms with van der Waals surface area (Å²) in [6, 6.07) is 0. The predicted molar refractivity (Wildman–Crippen MR) is 109 cm³/mol. The van der Waals surface area contributed by atoms with E-state index in [4.69, 9.17) is 9.47 Å².